The van der Waals surface area contributed by atoms with Gasteiger partial charge in [0.05, 0.1) is 5.69 Å². The summed E-state index contributed by atoms with van der Waals surface area (Å²) < 4.78 is 0. The number of carbonyl (C=O) groups is 2. The number of anilines is 1. The lowest BCUT2D eigenvalue weighted by molar-refractivity contribution is -0.144. The third-order valence-corrected chi connectivity index (χ3v) is 4.41. The molecule has 2 aromatic rings. The number of pyridine rings is 1. The van der Waals surface area contributed by atoms with Crippen LogP contribution >= 0.6 is 11.6 Å². The van der Waals surface area contributed by atoms with E-state index in [-0.39, 0.29) is 5.15 Å². The standard InChI is InChI=1S/C18H19ClN4O2/c19-16-15(7-4-8-20-16)21-17(24)18(25)23-11-9-22(10-12-23)13-14-5-2-1-3-6-14/h1-8H,9-13H2,(H,21,24). The van der Waals surface area contributed by atoms with E-state index in [1.165, 1.54) is 11.8 Å². The third-order valence-electron chi connectivity index (χ3n) is 4.11. The summed E-state index contributed by atoms with van der Waals surface area (Å²) >= 11 is 5.90. The highest BCUT2D eigenvalue weighted by molar-refractivity contribution is 6.41. The van der Waals surface area contributed by atoms with E-state index in [1.807, 2.05) is 18.2 Å². The molecule has 1 saturated heterocycles. The number of rotatable bonds is 3. The van der Waals surface area contributed by atoms with Crippen LogP contribution in [0.5, 0.6) is 0 Å². The number of hydrogen-bond acceptors (Lipinski definition) is 4. The van der Waals surface area contributed by atoms with Gasteiger partial charge in [0.1, 0.15) is 0 Å². The average Bonchev–Trinajstić information content (AvgIpc) is 2.64. The molecule has 0 saturated carbocycles. The number of carbonyl (C=O) groups excluding carboxylic acids is 2. The minimum atomic E-state index is -0.689. The first-order valence-electron chi connectivity index (χ1n) is 8.10. The van der Waals surface area contributed by atoms with E-state index in [1.54, 1.807) is 17.0 Å². The molecule has 1 N–H and O–H groups in total. The number of piperazine rings is 1. The number of amides is 2. The Labute approximate surface area is 151 Å². The van der Waals surface area contributed by atoms with Crippen molar-refractivity contribution in [3.8, 4) is 0 Å². The highest BCUT2D eigenvalue weighted by atomic mass is 35.5. The van der Waals surface area contributed by atoms with Crippen LogP contribution in [0.15, 0.2) is 48.7 Å². The zero-order valence-corrected chi connectivity index (χ0v) is 14.4. The summed E-state index contributed by atoms with van der Waals surface area (Å²) in [6, 6.07) is 13.5. The average molecular weight is 359 g/mol. The maximum Gasteiger partial charge on any atom is 0.313 e. The Morgan fingerprint density at radius 3 is 2.44 bits per heavy atom. The van der Waals surface area contributed by atoms with Crippen molar-refractivity contribution in [1.29, 1.82) is 0 Å². The lowest BCUT2D eigenvalue weighted by Crippen LogP contribution is -2.51. The molecule has 1 aromatic carbocycles. The summed E-state index contributed by atoms with van der Waals surface area (Å²) in [4.78, 5) is 32.2. The predicted octanol–water partition coefficient (Wildman–Crippen LogP) is 2.02. The van der Waals surface area contributed by atoms with Gasteiger partial charge in [-0.2, -0.15) is 0 Å². The lowest BCUT2D eigenvalue weighted by atomic mass is 10.2. The molecule has 3 rings (SSSR count). The van der Waals surface area contributed by atoms with Crippen LogP contribution in [0.1, 0.15) is 5.56 Å². The number of aromatic nitrogens is 1. The van der Waals surface area contributed by atoms with Crippen LogP contribution < -0.4 is 5.32 Å². The molecule has 7 heteroatoms. The van der Waals surface area contributed by atoms with E-state index in [0.717, 1.165) is 19.6 Å². The first kappa shape index (κ1) is 17.4. The Morgan fingerprint density at radius 2 is 1.76 bits per heavy atom. The van der Waals surface area contributed by atoms with Gasteiger partial charge in [0.15, 0.2) is 5.15 Å². The maximum absolute atomic E-state index is 12.3. The van der Waals surface area contributed by atoms with E-state index in [4.69, 9.17) is 11.6 Å². The number of nitrogens with one attached hydrogen (secondary N) is 1. The molecular weight excluding hydrogens is 340 g/mol. The number of nitrogens with zero attached hydrogens (tertiary/aromatic N) is 3. The highest BCUT2D eigenvalue weighted by Gasteiger charge is 2.26. The van der Waals surface area contributed by atoms with Crippen LogP contribution in [0.3, 0.4) is 0 Å². The van der Waals surface area contributed by atoms with Crippen molar-refractivity contribution >= 4 is 29.1 Å². The molecule has 2 amide bonds. The summed E-state index contributed by atoms with van der Waals surface area (Å²) in [5.74, 6) is -1.23. The van der Waals surface area contributed by atoms with Gasteiger partial charge in [0.25, 0.3) is 0 Å². The molecule has 6 nitrogen and oxygen atoms in total. The van der Waals surface area contributed by atoms with E-state index in [2.05, 4.69) is 27.3 Å². The van der Waals surface area contributed by atoms with Gasteiger partial charge in [-0.1, -0.05) is 41.9 Å². The zero-order chi connectivity index (χ0) is 17.6. The molecule has 0 bridgehead atoms. The van der Waals surface area contributed by atoms with Crippen LogP contribution in [0.4, 0.5) is 5.69 Å². The SMILES string of the molecule is O=C(Nc1cccnc1Cl)C(=O)N1CCN(Cc2ccccc2)CC1. The summed E-state index contributed by atoms with van der Waals surface area (Å²) in [5, 5.41) is 2.68. The van der Waals surface area contributed by atoms with Crippen molar-refractivity contribution in [2.75, 3.05) is 31.5 Å². The van der Waals surface area contributed by atoms with E-state index in [9.17, 15) is 9.59 Å². The smallest absolute Gasteiger partial charge is 0.313 e. The number of halogens is 1. The number of benzene rings is 1. The van der Waals surface area contributed by atoms with Crippen LogP contribution in [0.2, 0.25) is 5.15 Å². The van der Waals surface area contributed by atoms with Crippen molar-refractivity contribution in [2.24, 2.45) is 0 Å². The zero-order valence-electron chi connectivity index (χ0n) is 13.7. The summed E-state index contributed by atoms with van der Waals surface area (Å²) in [7, 11) is 0. The van der Waals surface area contributed by atoms with Gasteiger partial charge < -0.3 is 10.2 Å². The number of hydrogen-bond donors (Lipinski definition) is 1. The fraction of sp³-hybridized carbons (Fsp3) is 0.278. The second-order valence-corrected chi connectivity index (χ2v) is 6.21. The molecule has 0 unspecified atom stereocenters. The second-order valence-electron chi connectivity index (χ2n) is 5.85. The Kier molecular flexibility index (Phi) is 5.63. The van der Waals surface area contributed by atoms with Crippen molar-refractivity contribution in [1.82, 2.24) is 14.8 Å². The van der Waals surface area contributed by atoms with Crippen LogP contribution in [0.25, 0.3) is 0 Å². The van der Waals surface area contributed by atoms with Gasteiger partial charge >= 0.3 is 11.8 Å². The molecule has 1 aliphatic rings. The van der Waals surface area contributed by atoms with Gasteiger partial charge in [0.2, 0.25) is 0 Å². The minimum Gasteiger partial charge on any atom is -0.332 e. The highest BCUT2D eigenvalue weighted by Crippen LogP contribution is 2.17. The van der Waals surface area contributed by atoms with Crippen LogP contribution in [-0.2, 0) is 16.1 Å². The Hall–Kier alpha value is -2.44. The van der Waals surface area contributed by atoms with Gasteiger partial charge in [-0.3, -0.25) is 14.5 Å². The summed E-state index contributed by atoms with van der Waals surface area (Å²) in [6.07, 6.45) is 1.52. The van der Waals surface area contributed by atoms with Crippen molar-refractivity contribution < 1.29 is 9.59 Å². The molecule has 0 radical (unpaired) electrons. The Bertz CT molecular complexity index is 746. The first-order valence-corrected chi connectivity index (χ1v) is 8.48. The quantitative estimate of drug-likeness (QED) is 0.673. The molecule has 130 valence electrons. The summed E-state index contributed by atoms with van der Waals surface area (Å²) in [6.45, 7) is 3.38. The molecule has 1 aromatic heterocycles. The maximum atomic E-state index is 12.3. The van der Waals surface area contributed by atoms with Gasteiger partial charge in [0, 0.05) is 38.9 Å². The fourth-order valence-corrected chi connectivity index (χ4v) is 2.92. The monoisotopic (exact) mass is 358 g/mol. The largest absolute Gasteiger partial charge is 0.332 e. The van der Waals surface area contributed by atoms with Crippen molar-refractivity contribution in [3.05, 3.63) is 59.4 Å². The normalized spacial score (nSPS) is 15.0. The predicted molar refractivity (Wildman–Crippen MR) is 96.2 cm³/mol. The van der Waals surface area contributed by atoms with Crippen LogP contribution in [0, 0.1) is 0 Å². The van der Waals surface area contributed by atoms with Crippen molar-refractivity contribution in [2.45, 2.75) is 6.54 Å². The second kappa shape index (κ2) is 8.09. The first-order chi connectivity index (χ1) is 12.1. The Morgan fingerprint density at radius 1 is 1.04 bits per heavy atom. The molecule has 1 aliphatic heterocycles. The molecule has 1 fully saturated rings. The van der Waals surface area contributed by atoms with E-state index >= 15 is 0 Å². The van der Waals surface area contributed by atoms with Gasteiger partial charge in [-0.05, 0) is 17.7 Å². The van der Waals surface area contributed by atoms with E-state index in [0.29, 0.717) is 18.8 Å². The molecule has 0 atom stereocenters. The summed E-state index contributed by atoms with van der Waals surface area (Å²) in [5.41, 5.74) is 1.58. The van der Waals surface area contributed by atoms with Gasteiger partial charge in [-0.15, -0.1) is 0 Å². The fourth-order valence-electron chi connectivity index (χ4n) is 2.75. The third kappa shape index (κ3) is 4.55. The minimum absolute atomic E-state index is 0.163. The van der Waals surface area contributed by atoms with E-state index < -0.39 is 11.8 Å². The Balaban J connectivity index is 1.51. The molecule has 25 heavy (non-hydrogen) atoms. The topological polar surface area (TPSA) is 65.5 Å². The van der Waals surface area contributed by atoms with Crippen LogP contribution in [-0.4, -0.2) is 52.8 Å². The van der Waals surface area contributed by atoms with Crippen molar-refractivity contribution in [3.63, 3.8) is 0 Å². The molecular formula is C18H19ClN4O2. The molecule has 0 spiro atoms. The van der Waals surface area contributed by atoms with Gasteiger partial charge in [-0.25, -0.2) is 4.98 Å². The lowest BCUT2D eigenvalue weighted by Gasteiger charge is -2.34. The molecule has 0 aliphatic carbocycles. The molecule has 2 heterocycles.